The van der Waals surface area contributed by atoms with E-state index in [0.29, 0.717) is 5.56 Å². The molecule has 0 heterocycles. The fourth-order valence-corrected chi connectivity index (χ4v) is 2.23. The Bertz CT molecular complexity index is 541. The summed E-state index contributed by atoms with van der Waals surface area (Å²) in [6, 6.07) is 7.71. The van der Waals surface area contributed by atoms with Gasteiger partial charge < -0.3 is 9.47 Å². The van der Waals surface area contributed by atoms with Crippen molar-refractivity contribution in [2.24, 2.45) is 5.92 Å². The minimum atomic E-state index is -0.883. The molecule has 1 rings (SSSR count). The van der Waals surface area contributed by atoms with Crippen molar-refractivity contribution < 1.29 is 23.9 Å². The second-order valence-electron chi connectivity index (χ2n) is 5.33. The lowest BCUT2D eigenvalue weighted by molar-refractivity contribution is -0.147. The molecule has 0 aliphatic heterocycles. The number of amides is 1. The van der Waals surface area contributed by atoms with Gasteiger partial charge in [0.25, 0.3) is 0 Å². The van der Waals surface area contributed by atoms with E-state index in [0.717, 1.165) is 4.90 Å². The lowest BCUT2D eigenvalue weighted by Crippen LogP contribution is -2.50. The van der Waals surface area contributed by atoms with Crippen LogP contribution in [0.25, 0.3) is 0 Å². The molecular weight excluding hydrogens is 298 g/mol. The number of hydrogen-bond acceptors (Lipinski definition) is 5. The number of Topliss-reactive ketones (excluding diaryl/α,β-unsaturated/α-hetero) is 1. The van der Waals surface area contributed by atoms with Crippen LogP contribution in [0.3, 0.4) is 0 Å². The molecule has 0 saturated carbocycles. The summed E-state index contributed by atoms with van der Waals surface area (Å²) in [5.74, 6) is -1.07. The van der Waals surface area contributed by atoms with E-state index < -0.39 is 18.1 Å². The third kappa shape index (κ3) is 5.09. The second-order valence-corrected chi connectivity index (χ2v) is 5.33. The van der Waals surface area contributed by atoms with Crippen LogP contribution in [0.15, 0.2) is 30.3 Å². The molecule has 0 bridgehead atoms. The molecule has 6 heteroatoms. The first-order chi connectivity index (χ1) is 10.9. The van der Waals surface area contributed by atoms with Gasteiger partial charge in [0.1, 0.15) is 6.04 Å². The van der Waals surface area contributed by atoms with E-state index in [-0.39, 0.29) is 24.9 Å². The topological polar surface area (TPSA) is 72.9 Å². The molecule has 0 aliphatic carbocycles. The van der Waals surface area contributed by atoms with Crippen LogP contribution in [0.1, 0.15) is 31.1 Å². The van der Waals surface area contributed by atoms with Crippen LogP contribution in [0.4, 0.5) is 4.79 Å². The Hall–Kier alpha value is -2.37. The fourth-order valence-electron chi connectivity index (χ4n) is 2.23. The Morgan fingerprint density at radius 1 is 1.13 bits per heavy atom. The highest BCUT2D eigenvalue weighted by Gasteiger charge is 2.35. The van der Waals surface area contributed by atoms with Crippen molar-refractivity contribution in [1.82, 2.24) is 4.90 Å². The summed E-state index contributed by atoms with van der Waals surface area (Å²) in [7, 11) is 1.25. The van der Waals surface area contributed by atoms with Crippen LogP contribution in [0, 0.1) is 5.92 Å². The summed E-state index contributed by atoms with van der Waals surface area (Å²) in [5.41, 5.74) is 0.467. The molecule has 0 radical (unpaired) electrons. The third-order valence-corrected chi connectivity index (χ3v) is 3.32. The van der Waals surface area contributed by atoms with Crippen LogP contribution in [0.2, 0.25) is 0 Å². The van der Waals surface area contributed by atoms with Crippen molar-refractivity contribution in [3.8, 4) is 0 Å². The molecule has 1 atom stereocenters. The Labute approximate surface area is 136 Å². The van der Waals surface area contributed by atoms with Crippen molar-refractivity contribution >= 4 is 17.8 Å². The molecule has 0 aliphatic rings. The first kappa shape index (κ1) is 18.7. The summed E-state index contributed by atoms with van der Waals surface area (Å²) < 4.78 is 9.76. The highest BCUT2D eigenvalue weighted by molar-refractivity contribution is 5.99. The average Bonchev–Trinajstić information content (AvgIpc) is 2.54. The van der Waals surface area contributed by atoms with Gasteiger partial charge in [0.05, 0.1) is 20.3 Å². The predicted octanol–water partition coefficient (Wildman–Crippen LogP) is 2.53. The van der Waals surface area contributed by atoms with E-state index >= 15 is 0 Å². The Morgan fingerprint density at radius 3 is 2.22 bits per heavy atom. The van der Waals surface area contributed by atoms with E-state index in [1.165, 1.54) is 7.11 Å². The van der Waals surface area contributed by atoms with Gasteiger partial charge >= 0.3 is 12.1 Å². The van der Waals surface area contributed by atoms with Crippen LogP contribution in [-0.4, -0.2) is 49.0 Å². The molecule has 1 amide bonds. The number of rotatable bonds is 7. The Morgan fingerprint density at radius 2 is 1.74 bits per heavy atom. The van der Waals surface area contributed by atoms with E-state index in [1.807, 2.05) is 0 Å². The van der Waals surface area contributed by atoms with E-state index in [2.05, 4.69) is 0 Å². The van der Waals surface area contributed by atoms with Gasteiger partial charge in [-0.2, -0.15) is 0 Å². The molecule has 6 nitrogen and oxygen atoms in total. The highest BCUT2D eigenvalue weighted by atomic mass is 16.6. The summed E-state index contributed by atoms with van der Waals surface area (Å²) in [6.45, 7) is 5.13. The van der Waals surface area contributed by atoms with Gasteiger partial charge in [0.15, 0.2) is 5.78 Å². The SMILES string of the molecule is CCOC(=O)N(CC(=O)c1ccccc1)C(C(=O)OC)C(C)C. The predicted molar refractivity (Wildman–Crippen MR) is 85.1 cm³/mol. The molecule has 1 aromatic carbocycles. The van der Waals surface area contributed by atoms with Crippen molar-refractivity contribution in [3.05, 3.63) is 35.9 Å². The molecule has 0 fully saturated rings. The molecule has 1 unspecified atom stereocenters. The highest BCUT2D eigenvalue weighted by Crippen LogP contribution is 2.15. The first-order valence-electron chi connectivity index (χ1n) is 7.51. The summed E-state index contributed by atoms with van der Waals surface area (Å²) in [5, 5.41) is 0. The first-order valence-corrected chi connectivity index (χ1v) is 7.51. The summed E-state index contributed by atoms with van der Waals surface area (Å²) in [4.78, 5) is 37.8. The largest absolute Gasteiger partial charge is 0.467 e. The van der Waals surface area contributed by atoms with Crippen LogP contribution in [0.5, 0.6) is 0 Å². The smallest absolute Gasteiger partial charge is 0.410 e. The van der Waals surface area contributed by atoms with Crippen molar-refractivity contribution in [2.45, 2.75) is 26.8 Å². The number of nitrogens with zero attached hydrogens (tertiary/aromatic N) is 1. The summed E-state index contributed by atoms with van der Waals surface area (Å²) >= 11 is 0. The maximum absolute atomic E-state index is 12.4. The molecule has 1 aromatic rings. The van der Waals surface area contributed by atoms with Crippen molar-refractivity contribution in [3.63, 3.8) is 0 Å². The molecule has 126 valence electrons. The number of esters is 1. The molecule has 0 N–H and O–H groups in total. The molecule has 0 spiro atoms. The maximum Gasteiger partial charge on any atom is 0.410 e. The third-order valence-electron chi connectivity index (χ3n) is 3.32. The quantitative estimate of drug-likeness (QED) is 0.570. The fraction of sp³-hybridized carbons (Fsp3) is 0.471. The lowest BCUT2D eigenvalue weighted by Gasteiger charge is -2.31. The van der Waals surface area contributed by atoms with Gasteiger partial charge in [0, 0.05) is 5.56 Å². The number of carbonyl (C=O) groups excluding carboxylic acids is 3. The van der Waals surface area contributed by atoms with Crippen LogP contribution >= 0.6 is 0 Å². The van der Waals surface area contributed by atoms with Crippen LogP contribution < -0.4 is 0 Å². The standard InChI is InChI=1S/C17H23NO5/c1-5-23-17(21)18(15(12(2)3)16(20)22-4)11-14(19)13-9-7-6-8-10-13/h6-10,12,15H,5,11H2,1-4H3. The van der Waals surface area contributed by atoms with Crippen molar-refractivity contribution in [2.75, 3.05) is 20.3 Å². The number of benzene rings is 1. The van der Waals surface area contributed by atoms with Gasteiger partial charge in [-0.05, 0) is 12.8 Å². The second kappa shape index (κ2) is 8.92. The molecule has 0 aromatic heterocycles. The zero-order chi connectivity index (χ0) is 17.4. The van der Waals surface area contributed by atoms with Gasteiger partial charge in [-0.1, -0.05) is 44.2 Å². The lowest BCUT2D eigenvalue weighted by atomic mass is 10.0. The number of ketones is 1. The summed E-state index contributed by atoms with van der Waals surface area (Å²) in [6.07, 6.45) is -0.708. The van der Waals surface area contributed by atoms with Crippen molar-refractivity contribution in [1.29, 1.82) is 0 Å². The Kier molecular flexibility index (Phi) is 7.25. The minimum Gasteiger partial charge on any atom is -0.467 e. The normalized spacial score (nSPS) is 11.7. The molecular formula is C17H23NO5. The maximum atomic E-state index is 12.4. The number of carbonyl (C=O) groups is 3. The monoisotopic (exact) mass is 321 g/mol. The molecule has 23 heavy (non-hydrogen) atoms. The van der Waals surface area contributed by atoms with E-state index in [9.17, 15) is 14.4 Å². The van der Waals surface area contributed by atoms with Gasteiger partial charge in [-0.15, -0.1) is 0 Å². The van der Waals surface area contributed by atoms with E-state index in [4.69, 9.17) is 9.47 Å². The average molecular weight is 321 g/mol. The Balaban J connectivity index is 3.06. The van der Waals surface area contributed by atoms with Gasteiger partial charge in [-0.3, -0.25) is 9.69 Å². The number of methoxy groups -OCH3 is 1. The number of hydrogen-bond donors (Lipinski definition) is 0. The van der Waals surface area contributed by atoms with Gasteiger partial charge in [0.2, 0.25) is 0 Å². The minimum absolute atomic E-state index is 0.154. The zero-order valence-electron chi connectivity index (χ0n) is 13.9. The zero-order valence-corrected chi connectivity index (χ0v) is 13.9. The molecule has 0 saturated heterocycles. The number of ether oxygens (including phenoxy) is 2. The van der Waals surface area contributed by atoms with Gasteiger partial charge in [-0.25, -0.2) is 9.59 Å². The van der Waals surface area contributed by atoms with Crippen LogP contribution in [-0.2, 0) is 14.3 Å². The van der Waals surface area contributed by atoms with E-state index in [1.54, 1.807) is 51.1 Å².